The molecule has 5 nitrogen and oxygen atoms in total. The van der Waals surface area contributed by atoms with Gasteiger partial charge in [-0.2, -0.15) is 18.2 Å². The Labute approximate surface area is 104 Å². The van der Waals surface area contributed by atoms with Crippen LogP contribution in [-0.2, 0) is 12.7 Å². The predicted octanol–water partition coefficient (Wildman–Crippen LogP) is 2.15. The van der Waals surface area contributed by atoms with Crippen molar-refractivity contribution in [1.29, 1.82) is 0 Å². The third-order valence-electron chi connectivity index (χ3n) is 1.94. The summed E-state index contributed by atoms with van der Waals surface area (Å²) in [4.78, 5) is 10.8. The summed E-state index contributed by atoms with van der Waals surface area (Å²) in [6.45, 7) is 0.283. The molecule has 2 aromatic rings. The Bertz CT molecular complexity index is 525. The molecule has 2 rings (SSSR count). The van der Waals surface area contributed by atoms with Crippen LogP contribution in [0.25, 0.3) is 0 Å². The summed E-state index contributed by atoms with van der Waals surface area (Å²) in [5.74, 6) is -0.406. The number of nitrogen functional groups attached to an aromatic ring is 1. The highest BCUT2D eigenvalue weighted by Crippen LogP contribution is 2.29. The first-order valence-electron chi connectivity index (χ1n) is 4.79. The van der Waals surface area contributed by atoms with Gasteiger partial charge >= 0.3 is 6.18 Å². The minimum absolute atomic E-state index is 0.0185. The van der Waals surface area contributed by atoms with Gasteiger partial charge < -0.3 is 11.1 Å². The molecular weight excluding hydrogens is 267 g/mol. The molecule has 0 spiro atoms. The third-order valence-corrected chi connectivity index (χ3v) is 2.72. The summed E-state index contributed by atoms with van der Waals surface area (Å²) in [5, 5.41) is 5.22. The SMILES string of the molecule is Nc1nc(NCc2nccs2)cc(C(F)(F)F)n1. The summed E-state index contributed by atoms with van der Waals surface area (Å²) < 4.78 is 37.4. The van der Waals surface area contributed by atoms with Crippen molar-refractivity contribution in [2.45, 2.75) is 12.7 Å². The lowest BCUT2D eigenvalue weighted by molar-refractivity contribution is -0.141. The average Bonchev–Trinajstić information content (AvgIpc) is 2.77. The van der Waals surface area contributed by atoms with Gasteiger partial charge in [0.15, 0.2) is 5.69 Å². The Kier molecular flexibility index (Phi) is 3.32. The quantitative estimate of drug-likeness (QED) is 0.897. The van der Waals surface area contributed by atoms with E-state index in [9.17, 15) is 13.2 Å². The van der Waals surface area contributed by atoms with E-state index in [0.717, 1.165) is 11.1 Å². The number of hydrogen-bond donors (Lipinski definition) is 2. The summed E-state index contributed by atoms with van der Waals surface area (Å²) in [5.41, 5.74) is 4.16. The molecule has 0 saturated heterocycles. The number of halogens is 3. The van der Waals surface area contributed by atoms with Crippen molar-refractivity contribution in [3.05, 3.63) is 28.3 Å². The van der Waals surface area contributed by atoms with E-state index in [4.69, 9.17) is 5.73 Å². The summed E-state index contributed by atoms with van der Waals surface area (Å²) in [7, 11) is 0. The highest BCUT2D eigenvalue weighted by atomic mass is 32.1. The van der Waals surface area contributed by atoms with E-state index in [-0.39, 0.29) is 12.4 Å². The zero-order chi connectivity index (χ0) is 13.2. The van der Waals surface area contributed by atoms with Gasteiger partial charge in [0.1, 0.15) is 10.8 Å². The summed E-state index contributed by atoms with van der Waals surface area (Å²) in [6, 6.07) is 0.809. The molecule has 9 heteroatoms. The van der Waals surface area contributed by atoms with Crippen LogP contribution in [0.5, 0.6) is 0 Å². The highest BCUT2D eigenvalue weighted by molar-refractivity contribution is 7.09. The number of nitrogens with one attached hydrogen (secondary N) is 1. The monoisotopic (exact) mass is 275 g/mol. The first-order chi connectivity index (χ1) is 8.45. The maximum Gasteiger partial charge on any atom is 0.433 e. The number of anilines is 2. The molecule has 0 radical (unpaired) electrons. The average molecular weight is 275 g/mol. The molecule has 96 valence electrons. The standard InChI is InChI=1S/C9H8F3N5S/c10-9(11,12)5-3-6(17-8(13)16-5)15-4-7-14-1-2-18-7/h1-3H,4H2,(H3,13,15,16,17). The zero-order valence-corrected chi connectivity index (χ0v) is 9.72. The molecule has 2 aromatic heterocycles. The maximum absolute atomic E-state index is 12.5. The zero-order valence-electron chi connectivity index (χ0n) is 8.90. The van der Waals surface area contributed by atoms with Crippen LogP contribution in [0.15, 0.2) is 17.6 Å². The molecule has 0 unspecified atom stereocenters. The topological polar surface area (TPSA) is 76.7 Å². The van der Waals surface area contributed by atoms with E-state index in [1.165, 1.54) is 11.3 Å². The fraction of sp³-hybridized carbons (Fsp3) is 0.222. The predicted molar refractivity (Wildman–Crippen MR) is 60.9 cm³/mol. The van der Waals surface area contributed by atoms with Crippen LogP contribution >= 0.6 is 11.3 Å². The van der Waals surface area contributed by atoms with E-state index in [0.29, 0.717) is 0 Å². The van der Waals surface area contributed by atoms with Crippen molar-refractivity contribution in [1.82, 2.24) is 15.0 Å². The Morgan fingerprint density at radius 3 is 2.72 bits per heavy atom. The number of nitrogens with two attached hydrogens (primary N) is 1. The van der Waals surface area contributed by atoms with Gasteiger partial charge in [0.25, 0.3) is 0 Å². The number of alkyl halides is 3. The minimum Gasteiger partial charge on any atom is -0.368 e. The molecule has 18 heavy (non-hydrogen) atoms. The van der Waals surface area contributed by atoms with E-state index in [1.54, 1.807) is 11.6 Å². The van der Waals surface area contributed by atoms with Gasteiger partial charge in [0.05, 0.1) is 6.54 Å². The van der Waals surface area contributed by atoms with E-state index < -0.39 is 17.8 Å². The Morgan fingerprint density at radius 2 is 2.11 bits per heavy atom. The van der Waals surface area contributed by atoms with Crippen molar-refractivity contribution in [3.8, 4) is 0 Å². The first-order valence-corrected chi connectivity index (χ1v) is 5.67. The number of nitrogens with zero attached hydrogens (tertiary/aromatic N) is 3. The lowest BCUT2D eigenvalue weighted by atomic mass is 10.4. The van der Waals surface area contributed by atoms with Crippen molar-refractivity contribution >= 4 is 23.1 Å². The van der Waals surface area contributed by atoms with Gasteiger partial charge in [-0.3, -0.25) is 0 Å². The molecular formula is C9H8F3N5S. The minimum atomic E-state index is -4.55. The van der Waals surface area contributed by atoms with Gasteiger partial charge in [-0.15, -0.1) is 11.3 Å². The van der Waals surface area contributed by atoms with Crippen LogP contribution < -0.4 is 11.1 Å². The Balaban J connectivity index is 2.15. The molecule has 0 fully saturated rings. The Hall–Kier alpha value is -1.90. The van der Waals surface area contributed by atoms with Crippen LogP contribution in [0.2, 0.25) is 0 Å². The van der Waals surface area contributed by atoms with Gasteiger partial charge in [-0.1, -0.05) is 0 Å². The molecule has 0 saturated carbocycles. The van der Waals surface area contributed by atoms with Gasteiger partial charge in [-0.05, 0) is 0 Å². The van der Waals surface area contributed by atoms with E-state index in [2.05, 4.69) is 20.3 Å². The van der Waals surface area contributed by atoms with Crippen LogP contribution in [0.1, 0.15) is 10.7 Å². The molecule has 0 aliphatic carbocycles. The molecule has 0 bridgehead atoms. The van der Waals surface area contributed by atoms with Crippen molar-refractivity contribution in [2.75, 3.05) is 11.1 Å². The normalized spacial score (nSPS) is 11.5. The van der Waals surface area contributed by atoms with Gasteiger partial charge in [-0.25, -0.2) is 9.97 Å². The van der Waals surface area contributed by atoms with Crippen LogP contribution in [0.3, 0.4) is 0 Å². The summed E-state index contributed by atoms with van der Waals surface area (Å²) in [6.07, 6.45) is -2.94. The highest BCUT2D eigenvalue weighted by Gasteiger charge is 2.33. The Morgan fingerprint density at radius 1 is 1.33 bits per heavy atom. The molecule has 2 heterocycles. The number of thiazole rings is 1. The lowest BCUT2D eigenvalue weighted by Gasteiger charge is -2.09. The van der Waals surface area contributed by atoms with Crippen LogP contribution in [0.4, 0.5) is 24.9 Å². The second kappa shape index (κ2) is 4.77. The van der Waals surface area contributed by atoms with Crippen molar-refractivity contribution in [2.24, 2.45) is 0 Å². The fourth-order valence-electron chi connectivity index (χ4n) is 1.21. The van der Waals surface area contributed by atoms with Crippen molar-refractivity contribution < 1.29 is 13.2 Å². The van der Waals surface area contributed by atoms with E-state index in [1.807, 2.05) is 0 Å². The van der Waals surface area contributed by atoms with Gasteiger partial charge in [0, 0.05) is 17.6 Å². The van der Waals surface area contributed by atoms with Crippen LogP contribution in [-0.4, -0.2) is 15.0 Å². The number of hydrogen-bond acceptors (Lipinski definition) is 6. The molecule has 0 atom stereocenters. The third kappa shape index (κ3) is 3.06. The largest absolute Gasteiger partial charge is 0.433 e. The van der Waals surface area contributed by atoms with Crippen molar-refractivity contribution in [3.63, 3.8) is 0 Å². The molecule has 3 N–H and O–H groups in total. The van der Waals surface area contributed by atoms with Crippen LogP contribution in [0, 0.1) is 0 Å². The second-order valence-corrected chi connectivity index (χ2v) is 4.25. The second-order valence-electron chi connectivity index (χ2n) is 3.27. The fourth-order valence-corrected chi connectivity index (χ4v) is 1.76. The maximum atomic E-state index is 12.5. The summed E-state index contributed by atoms with van der Waals surface area (Å²) >= 11 is 1.39. The van der Waals surface area contributed by atoms with E-state index >= 15 is 0 Å². The molecule has 0 amide bonds. The molecule has 0 aromatic carbocycles. The van der Waals surface area contributed by atoms with Gasteiger partial charge in [0.2, 0.25) is 5.95 Å². The number of rotatable bonds is 3. The molecule has 0 aliphatic heterocycles. The number of aromatic nitrogens is 3. The lowest BCUT2D eigenvalue weighted by Crippen LogP contribution is -2.12. The molecule has 0 aliphatic rings. The smallest absolute Gasteiger partial charge is 0.368 e. The first kappa shape index (κ1) is 12.6.